The van der Waals surface area contributed by atoms with Crippen molar-refractivity contribution in [2.75, 3.05) is 27.8 Å². The minimum atomic E-state index is 0.128. The predicted octanol–water partition coefficient (Wildman–Crippen LogP) is 3.99. The summed E-state index contributed by atoms with van der Waals surface area (Å²) < 4.78 is 9.67. The van der Waals surface area contributed by atoms with Gasteiger partial charge in [-0.05, 0) is 77.5 Å². The van der Waals surface area contributed by atoms with E-state index in [1.165, 1.54) is 9.69 Å². The monoisotopic (exact) mass is 788 g/mol. The molecule has 55 heavy (non-hydrogen) atoms. The van der Waals surface area contributed by atoms with Gasteiger partial charge in [-0.15, -0.1) is 20.1 Å². The second kappa shape index (κ2) is 18.2. The summed E-state index contributed by atoms with van der Waals surface area (Å²) in [5.41, 5.74) is 12.9. The molecular weight excluding hydrogens is 753 g/mol. The summed E-state index contributed by atoms with van der Waals surface area (Å²) in [6.07, 6.45) is 8.11. The average molecular weight is 789 g/mol. The molecule has 2 aliphatic heterocycles. The Morgan fingerprint density at radius 1 is 0.727 bits per heavy atom. The minimum absolute atomic E-state index is 0.128. The van der Waals surface area contributed by atoms with Gasteiger partial charge in [-0.3, -0.25) is 0 Å². The number of benzene rings is 3. The first-order valence-corrected chi connectivity index (χ1v) is 17.4. The lowest BCUT2D eigenvalue weighted by atomic mass is 10.1. The van der Waals surface area contributed by atoms with Gasteiger partial charge < -0.3 is 45.0 Å². The molecule has 0 saturated carbocycles. The van der Waals surface area contributed by atoms with Crippen LogP contribution in [-0.2, 0) is 38.4 Å². The Morgan fingerprint density at radius 2 is 1.18 bits per heavy atom. The van der Waals surface area contributed by atoms with Gasteiger partial charge in [0.15, 0.2) is 0 Å². The lowest BCUT2D eigenvalue weighted by molar-refractivity contribution is -0.0465. The fourth-order valence-corrected chi connectivity index (χ4v) is 5.93. The third kappa shape index (κ3) is 10.1. The highest BCUT2D eigenvalue weighted by Crippen LogP contribution is 2.19. The molecule has 0 spiro atoms. The zero-order valence-electron chi connectivity index (χ0n) is 29.6. The number of nitrogens with two attached hydrogens (primary N) is 1. The maximum absolute atomic E-state index is 9.37. The van der Waals surface area contributed by atoms with E-state index in [0.29, 0.717) is 41.3 Å². The summed E-state index contributed by atoms with van der Waals surface area (Å²) >= 11 is 9.86. The SMILES string of the molecule is COCOn1ncc2cc(C/C(N)=N/O)ccc21.COCOn1ncc2cc(CC3=NOC(=S)C3)ccc21.On1ncc2cc(CC3=NOC(=S)C3)ccc21. The predicted molar refractivity (Wildman–Crippen MR) is 209 cm³/mol. The van der Waals surface area contributed by atoms with Gasteiger partial charge in [0.25, 0.3) is 0 Å². The average Bonchev–Trinajstić information content (AvgIpc) is 4.04. The molecule has 286 valence electrons. The molecule has 0 bridgehead atoms. The third-order valence-electron chi connectivity index (χ3n) is 7.98. The zero-order chi connectivity index (χ0) is 38.7. The van der Waals surface area contributed by atoms with E-state index in [0.717, 1.165) is 66.6 Å². The Balaban J connectivity index is 0.000000141. The topological polar surface area (TPSA) is 212 Å². The fourth-order valence-electron chi connectivity index (χ4n) is 5.52. The standard InChI is InChI=1S/C13H13N3O3S.C11H14N4O3.C11H9N3O2S/c1-17-8-18-16-12-3-2-9(4-10(12)7-14-16)5-11-6-13(20)19-15-11;1-17-7-18-15-10-3-2-8(5-11(12)14-16)4-9(10)6-13-15;15-14-10-2-1-7(3-8(10)6-12-14)4-9-5-11(17)16-13-9/h2-4,7H,5-6,8H2,1H3;2-4,6,16H,5,7H2,1H3,(H2,12,14);1-3,6,15H,4-5H2. The van der Waals surface area contributed by atoms with E-state index in [9.17, 15) is 5.21 Å². The number of amidine groups is 1. The van der Waals surface area contributed by atoms with Gasteiger partial charge in [0.05, 0.1) is 42.9 Å². The molecule has 0 aliphatic carbocycles. The van der Waals surface area contributed by atoms with Crippen molar-refractivity contribution in [3.63, 3.8) is 0 Å². The summed E-state index contributed by atoms with van der Waals surface area (Å²) in [5.74, 6) is 0.164. The summed E-state index contributed by atoms with van der Waals surface area (Å²) in [6.45, 7) is 0.284. The highest BCUT2D eigenvalue weighted by molar-refractivity contribution is 7.80. The van der Waals surface area contributed by atoms with Gasteiger partial charge in [-0.2, -0.15) is 0 Å². The van der Waals surface area contributed by atoms with E-state index in [1.807, 2.05) is 48.5 Å². The minimum Gasteiger partial charge on any atom is -0.411 e. The summed E-state index contributed by atoms with van der Waals surface area (Å²) in [7, 11) is 3.11. The van der Waals surface area contributed by atoms with Crippen LogP contribution in [0.5, 0.6) is 0 Å². The van der Waals surface area contributed by atoms with Crippen molar-refractivity contribution in [1.29, 1.82) is 0 Å². The molecule has 2 aliphatic rings. The second-order valence-corrected chi connectivity index (χ2v) is 12.9. The van der Waals surface area contributed by atoms with E-state index in [1.54, 1.807) is 32.8 Å². The fraction of sp³-hybridized carbons (Fsp3) is 0.257. The summed E-state index contributed by atoms with van der Waals surface area (Å²) in [6, 6.07) is 17.4. The Hall–Kier alpha value is -6.22. The summed E-state index contributed by atoms with van der Waals surface area (Å²) in [4.78, 5) is 24.1. The Bertz CT molecular complexity index is 2400. The maximum Gasteiger partial charge on any atom is 0.216 e. The van der Waals surface area contributed by atoms with Crippen molar-refractivity contribution in [2.24, 2.45) is 21.2 Å². The van der Waals surface area contributed by atoms with Crippen LogP contribution in [0.25, 0.3) is 32.7 Å². The van der Waals surface area contributed by atoms with Gasteiger partial charge in [-0.25, -0.2) is 0 Å². The lowest BCUT2D eigenvalue weighted by Crippen LogP contribution is -2.15. The van der Waals surface area contributed by atoms with Crippen LogP contribution in [0, 0.1) is 0 Å². The van der Waals surface area contributed by atoms with E-state index in [2.05, 4.69) is 36.8 Å². The van der Waals surface area contributed by atoms with E-state index in [-0.39, 0.29) is 19.4 Å². The number of methoxy groups -OCH3 is 2. The molecule has 0 amide bonds. The van der Waals surface area contributed by atoms with Gasteiger partial charge in [-0.1, -0.05) is 43.4 Å². The number of fused-ring (bicyclic) bond motifs is 3. The quantitative estimate of drug-likeness (QED) is 0.0305. The van der Waals surface area contributed by atoms with E-state index >= 15 is 0 Å². The number of thiocarbonyl (C=S) groups is 2. The number of aromatic nitrogens is 6. The van der Waals surface area contributed by atoms with Crippen LogP contribution in [-0.4, -0.2) is 95.4 Å². The molecular formula is C35H36N10O8S2. The Morgan fingerprint density at radius 3 is 1.65 bits per heavy atom. The summed E-state index contributed by atoms with van der Waals surface area (Å²) in [5, 5.41) is 44.6. The normalized spacial score (nSPS) is 13.8. The first kappa shape index (κ1) is 38.5. The highest BCUT2D eigenvalue weighted by Gasteiger charge is 2.16. The molecule has 0 saturated heterocycles. The molecule has 8 rings (SSSR count). The van der Waals surface area contributed by atoms with Crippen molar-refractivity contribution in [3.8, 4) is 0 Å². The largest absolute Gasteiger partial charge is 0.411 e. The smallest absolute Gasteiger partial charge is 0.216 e. The van der Waals surface area contributed by atoms with Gasteiger partial charge in [0.2, 0.25) is 23.7 Å². The van der Waals surface area contributed by atoms with Crippen LogP contribution in [0.2, 0.25) is 0 Å². The van der Waals surface area contributed by atoms with Crippen molar-refractivity contribution in [1.82, 2.24) is 29.8 Å². The number of nitrogens with zero attached hydrogens (tertiary/aromatic N) is 9. The first-order valence-electron chi connectivity index (χ1n) is 16.5. The van der Waals surface area contributed by atoms with Crippen LogP contribution in [0.1, 0.15) is 29.5 Å². The molecule has 6 aromatic rings. The van der Waals surface area contributed by atoms with Crippen molar-refractivity contribution < 1.29 is 39.2 Å². The van der Waals surface area contributed by atoms with Crippen molar-refractivity contribution >= 4 is 84.5 Å². The van der Waals surface area contributed by atoms with Crippen LogP contribution in [0.4, 0.5) is 0 Å². The molecule has 20 heteroatoms. The molecule has 0 atom stereocenters. The molecule has 0 fully saturated rings. The van der Waals surface area contributed by atoms with Gasteiger partial charge in [0.1, 0.15) is 22.4 Å². The number of ether oxygens (including phenoxy) is 2. The zero-order valence-corrected chi connectivity index (χ0v) is 31.3. The lowest BCUT2D eigenvalue weighted by Gasteiger charge is -2.05. The van der Waals surface area contributed by atoms with Gasteiger partial charge in [0, 0.05) is 49.6 Å². The van der Waals surface area contributed by atoms with E-state index < -0.39 is 0 Å². The molecule has 5 heterocycles. The van der Waals surface area contributed by atoms with Gasteiger partial charge >= 0.3 is 0 Å². The van der Waals surface area contributed by atoms with Crippen LogP contribution >= 0.6 is 24.4 Å². The third-order valence-corrected chi connectivity index (χ3v) is 8.42. The highest BCUT2D eigenvalue weighted by atomic mass is 32.1. The van der Waals surface area contributed by atoms with Crippen molar-refractivity contribution in [3.05, 3.63) is 89.9 Å². The first-order chi connectivity index (χ1) is 26.7. The molecule has 3 aromatic carbocycles. The molecule has 18 nitrogen and oxygen atoms in total. The number of oxime groups is 3. The van der Waals surface area contributed by atoms with Crippen LogP contribution in [0.3, 0.4) is 0 Å². The number of hydrogen-bond acceptors (Lipinski definition) is 16. The Labute approximate surface area is 323 Å². The van der Waals surface area contributed by atoms with Crippen molar-refractivity contribution in [2.45, 2.75) is 32.1 Å². The van der Waals surface area contributed by atoms with Crippen LogP contribution in [0.15, 0.2) is 88.7 Å². The number of rotatable bonds is 12. The maximum atomic E-state index is 9.37. The Kier molecular flexibility index (Phi) is 12.7. The van der Waals surface area contributed by atoms with E-state index in [4.69, 9.17) is 64.2 Å². The number of hydrogen-bond donors (Lipinski definition) is 3. The molecule has 3 aromatic heterocycles. The molecule has 0 radical (unpaired) electrons. The second-order valence-electron chi connectivity index (χ2n) is 12.0. The molecule has 4 N–H and O–H groups in total. The van der Waals surface area contributed by atoms with Crippen LogP contribution < -0.4 is 15.4 Å². The molecule has 0 unspecified atom stereocenters.